The second-order valence-electron chi connectivity index (χ2n) is 7.37. The van der Waals surface area contributed by atoms with Crippen molar-refractivity contribution < 1.29 is 9.53 Å². The smallest absolute Gasteiger partial charge is 0.233 e. The van der Waals surface area contributed by atoms with Gasteiger partial charge in [0.05, 0.1) is 12.4 Å². The van der Waals surface area contributed by atoms with Crippen molar-refractivity contribution in [2.45, 2.75) is 55.7 Å². The molecule has 0 spiro atoms. The van der Waals surface area contributed by atoms with E-state index in [2.05, 4.69) is 34.7 Å². The summed E-state index contributed by atoms with van der Waals surface area (Å²) >= 11 is 2.89. The average molecular weight is 421 g/mol. The molecular formula is C20H28N4O2S2. The van der Waals surface area contributed by atoms with Crippen molar-refractivity contribution in [1.82, 2.24) is 15.5 Å². The van der Waals surface area contributed by atoms with Crippen molar-refractivity contribution >= 4 is 39.8 Å². The van der Waals surface area contributed by atoms with Crippen LogP contribution in [0.3, 0.4) is 0 Å². The first-order chi connectivity index (χ1) is 13.5. The van der Waals surface area contributed by atoms with Gasteiger partial charge in [-0.05, 0) is 37.3 Å². The molecule has 28 heavy (non-hydrogen) atoms. The monoisotopic (exact) mass is 420 g/mol. The minimum Gasteiger partial charge on any atom is -0.497 e. The number of hydrogen-bond donors (Lipinski definition) is 2. The van der Waals surface area contributed by atoms with Crippen LogP contribution in [0.15, 0.2) is 28.6 Å². The number of ether oxygens (including phenoxy) is 1. The fraction of sp³-hybridized carbons (Fsp3) is 0.550. The Kier molecular flexibility index (Phi) is 7.18. The van der Waals surface area contributed by atoms with E-state index in [4.69, 9.17) is 4.74 Å². The second kappa shape index (κ2) is 9.60. The number of thioether (sulfide) groups is 1. The van der Waals surface area contributed by atoms with E-state index >= 15 is 0 Å². The molecule has 1 saturated carbocycles. The highest BCUT2D eigenvalue weighted by Gasteiger charge is 2.29. The highest BCUT2D eigenvalue weighted by atomic mass is 32.2. The lowest BCUT2D eigenvalue weighted by Gasteiger charge is -2.35. The van der Waals surface area contributed by atoms with Gasteiger partial charge in [-0.15, -0.1) is 10.2 Å². The second-order valence-corrected chi connectivity index (χ2v) is 9.94. The summed E-state index contributed by atoms with van der Waals surface area (Å²) in [5.41, 5.74) is 0.887. The number of hydrogen-bond acceptors (Lipinski definition) is 7. The Labute approximate surface area is 174 Å². The lowest BCUT2D eigenvalue weighted by Crippen LogP contribution is -2.46. The van der Waals surface area contributed by atoms with Crippen molar-refractivity contribution in [2.75, 3.05) is 12.4 Å². The van der Waals surface area contributed by atoms with Gasteiger partial charge >= 0.3 is 0 Å². The van der Waals surface area contributed by atoms with Crippen molar-refractivity contribution in [3.63, 3.8) is 0 Å². The molecule has 152 valence electrons. The molecule has 1 aliphatic rings. The number of benzene rings is 1. The fourth-order valence-electron chi connectivity index (χ4n) is 3.42. The molecule has 4 atom stereocenters. The Morgan fingerprint density at radius 3 is 2.93 bits per heavy atom. The highest BCUT2D eigenvalue weighted by Crippen LogP contribution is 2.32. The number of rotatable bonds is 7. The van der Waals surface area contributed by atoms with Crippen LogP contribution in [0.5, 0.6) is 5.75 Å². The van der Waals surface area contributed by atoms with Gasteiger partial charge in [0.1, 0.15) is 5.75 Å². The Bertz CT molecular complexity index is 798. The third-order valence-corrected chi connectivity index (χ3v) is 7.43. The van der Waals surface area contributed by atoms with Crippen LogP contribution in [0.25, 0.3) is 0 Å². The molecule has 0 aliphatic heterocycles. The summed E-state index contributed by atoms with van der Waals surface area (Å²) in [6.45, 7) is 6.45. The molecule has 1 aliphatic carbocycles. The Balaban J connectivity index is 1.54. The zero-order chi connectivity index (χ0) is 20.1. The number of aromatic nitrogens is 2. The molecule has 6 nitrogen and oxygen atoms in total. The van der Waals surface area contributed by atoms with Crippen LogP contribution in [0.1, 0.15) is 40.0 Å². The van der Waals surface area contributed by atoms with E-state index in [1.165, 1.54) is 35.9 Å². The molecule has 0 bridgehead atoms. The molecule has 1 heterocycles. The first kappa shape index (κ1) is 20.9. The predicted molar refractivity (Wildman–Crippen MR) is 116 cm³/mol. The summed E-state index contributed by atoms with van der Waals surface area (Å²) in [4.78, 5) is 12.6. The van der Waals surface area contributed by atoms with Crippen molar-refractivity contribution in [1.29, 1.82) is 0 Å². The van der Waals surface area contributed by atoms with E-state index in [9.17, 15) is 4.79 Å². The molecule has 1 amide bonds. The maximum Gasteiger partial charge on any atom is 0.233 e. The molecule has 1 fully saturated rings. The van der Waals surface area contributed by atoms with Crippen LogP contribution in [-0.4, -0.2) is 34.5 Å². The number of methoxy groups -OCH3 is 1. The standard InChI is InChI=1S/C20H28N4O2S2/c1-12-7-5-10-17(13(12)2)22-18(25)14(3)27-20-24-23-19(28-20)21-15-8-6-9-16(11-15)26-4/h6,8-9,11-14,17H,5,7,10H2,1-4H3,(H,21,23)(H,22,25). The summed E-state index contributed by atoms with van der Waals surface area (Å²) in [7, 11) is 1.64. The molecule has 1 aromatic heterocycles. The van der Waals surface area contributed by atoms with Crippen molar-refractivity contribution in [3.05, 3.63) is 24.3 Å². The summed E-state index contributed by atoms with van der Waals surface area (Å²) in [5.74, 6) is 2.04. The number of amides is 1. The minimum absolute atomic E-state index is 0.0773. The quantitative estimate of drug-likeness (QED) is 0.632. The normalized spacial score (nSPS) is 23.1. The third kappa shape index (κ3) is 5.38. The summed E-state index contributed by atoms with van der Waals surface area (Å²) < 4.78 is 6.01. The Hall–Kier alpha value is -1.80. The topological polar surface area (TPSA) is 76.1 Å². The maximum atomic E-state index is 12.6. The molecular weight excluding hydrogens is 392 g/mol. The van der Waals surface area contributed by atoms with Crippen molar-refractivity contribution in [2.24, 2.45) is 11.8 Å². The van der Waals surface area contributed by atoms with E-state index in [-0.39, 0.29) is 17.2 Å². The highest BCUT2D eigenvalue weighted by molar-refractivity contribution is 8.02. The van der Waals surface area contributed by atoms with Crippen LogP contribution in [0, 0.1) is 11.8 Å². The average Bonchev–Trinajstić information content (AvgIpc) is 3.12. The lowest BCUT2D eigenvalue weighted by molar-refractivity contribution is -0.121. The van der Waals surface area contributed by atoms with Gasteiger partial charge < -0.3 is 15.4 Å². The van der Waals surface area contributed by atoms with Gasteiger partial charge in [0.2, 0.25) is 11.0 Å². The Morgan fingerprint density at radius 2 is 2.14 bits per heavy atom. The molecule has 1 aromatic carbocycles. The molecule has 2 aromatic rings. The van der Waals surface area contributed by atoms with Crippen LogP contribution in [0.2, 0.25) is 0 Å². The largest absolute Gasteiger partial charge is 0.497 e. The molecule has 3 rings (SSSR count). The van der Waals surface area contributed by atoms with Gasteiger partial charge in [0.25, 0.3) is 0 Å². The van der Waals surface area contributed by atoms with Crippen LogP contribution < -0.4 is 15.4 Å². The summed E-state index contributed by atoms with van der Waals surface area (Å²) in [6.07, 6.45) is 3.52. The van der Waals surface area contributed by atoms with Gasteiger partial charge in [-0.3, -0.25) is 4.79 Å². The zero-order valence-corrected chi connectivity index (χ0v) is 18.4. The van der Waals surface area contributed by atoms with Crippen molar-refractivity contribution in [3.8, 4) is 5.75 Å². The van der Waals surface area contributed by atoms with Crippen LogP contribution in [-0.2, 0) is 4.79 Å². The van der Waals surface area contributed by atoms with Gasteiger partial charge in [0, 0.05) is 17.8 Å². The van der Waals surface area contributed by atoms with Crippen LogP contribution in [0.4, 0.5) is 10.8 Å². The zero-order valence-electron chi connectivity index (χ0n) is 16.8. The van der Waals surface area contributed by atoms with E-state index in [1.807, 2.05) is 31.2 Å². The van der Waals surface area contributed by atoms with E-state index in [0.717, 1.165) is 22.2 Å². The first-order valence-corrected chi connectivity index (χ1v) is 11.4. The fourth-order valence-corrected chi connectivity index (χ4v) is 5.35. The van der Waals surface area contributed by atoms with E-state index < -0.39 is 0 Å². The minimum atomic E-state index is -0.206. The number of carbonyl (C=O) groups excluding carboxylic acids is 1. The van der Waals surface area contributed by atoms with Gasteiger partial charge in [-0.1, -0.05) is 55.9 Å². The van der Waals surface area contributed by atoms with Gasteiger partial charge in [0.15, 0.2) is 4.34 Å². The summed E-state index contributed by atoms with van der Waals surface area (Å²) in [5, 5.41) is 15.4. The van der Waals surface area contributed by atoms with E-state index in [0.29, 0.717) is 17.0 Å². The predicted octanol–water partition coefficient (Wildman–Crippen LogP) is 4.71. The SMILES string of the molecule is COc1cccc(Nc2nnc(SC(C)C(=O)NC3CCCC(C)C3C)s2)c1. The molecule has 8 heteroatoms. The number of nitrogens with one attached hydrogen (secondary N) is 2. The first-order valence-electron chi connectivity index (χ1n) is 9.68. The van der Waals surface area contributed by atoms with E-state index in [1.54, 1.807) is 7.11 Å². The number of carbonyl (C=O) groups is 1. The summed E-state index contributed by atoms with van der Waals surface area (Å²) in [6, 6.07) is 7.92. The third-order valence-electron chi connectivity index (χ3n) is 5.41. The maximum absolute atomic E-state index is 12.6. The van der Waals surface area contributed by atoms with Gasteiger partial charge in [-0.25, -0.2) is 0 Å². The molecule has 0 saturated heterocycles. The van der Waals surface area contributed by atoms with Crippen LogP contribution >= 0.6 is 23.1 Å². The van der Waals surface area contributed by atoms with Gasteiger partial charge in [-0.2, -0.15) is 0 Å². The molecule has 2 N–H and O–H groups in total. The lowest BCUT2D eigenvalue weighted by atomic mass is 9.78. The Morgan fingerprint density at radius 1 is 1.32 bits per heavy atom. The molecule has 4 unspecified atom stereocenters. The number of anilines is 2. The number of nitrogens with zero attached hydrogens (tertiary/aromatic N) is 2. The molecule has 0 radical (unpaired) electrons.